The predicted molar refractivity (Wildman–Crippen MR) is 154 cm³/mol. The van der Waals surface area contributed by atoms with Crippen LogP contribution in [0.1, 0.15) is 22.8 Å². The van der Waals surface area contributed by atoms with Crippen LogP contribution in [0.25, 0.3) is 22.3 Å². The van der Waals surface area contributed by atoms with Gasteiger partial charge in [0.15, 0.2) is 23.0 Å². The number of methoxy groups -OCH3 is 4. The normalized spacial score (nSPS) is 10.6. The van der Waals surface area contributed by atoms with Gasteiger partial charge >= 0.3 is 5.97 Å². The first kappa shape index (κ1) is 28.9. The molecule has 0 radical (unpaired) electrons. The highest BCUT2D eigenvalue weighted by molar-refractivity contribution is 5.96. The fraction of sp³-hybridized carbons (Fsp3) is 0.219. The van der Waals surface area contributed by atoms with Crippen molar-refractivity contribution in [3.63, 3.8) is 0 Å². The number of phenols is 2. The lowest BCUT2D eigenvalue weighted by atomic mass is 9.94. The Balaban J connectivity index is 1.81. The highest BCUT2D eigenvalue weighted by Gasteiger charge is 2.27. The molecule has 0 aromatic heterocycles. The standard InChI is InChI=1S/C32H32O9/c1-6-40-32(35)21-15-25(36-2)29(26(16-21)37-3)22-17-27(38-4)28(30(34)31(22)39-5)20-12-13-24(23(33)14-20)41-18-19-10-8-7-9-11-19/h7-17,33-34H,6,18H2,1-5H3. The lowest BCUT2D eigenvalue weighted by Crippen LogP contribution is -2.06. The van der Waals surface area contributed by atoms with E-state index in [1.54, 1.807) is 25.1 Å². The van der Waals surface area contributed by atoms with Crippen molar-refractivity contribution in [1.29, 1.82) is 0 Å². The van der Waals surface area contributed by atoms with Crippen molar-refractivity contribution in [1.82, 2.24) is 0 Å². The fourth-order valence-electron chi connectivity index (χ4n) is 4.50. The number of hydrogen-bond donors (Lipinski definition) is 2. The maximum Gasteiger partial charge on any atom is 0.338 e. The second-order valence-corrected chi connectivity index (χ2v) is 8.82. The highest BCUT2D eigenvalue weighted by Crippen LogP contribution is 2.53. The first-order valence-corrected chi connectivity index (χ1v) is 12.8. The number of esters is 1. The van der Waals surface area contributed by atoms with Crippen LogP contribution in [0.3, 0.4) is 0 Å². The molecule has 0 unspecified atom stereocenters. The summed E-state index contributed by atoms with van der Waals surface area (Å²) in [6.45, 7) is 2.21. The second kappa shape index (κ2) is 12.9. The zero-order valence-corrected chi connectivity index (χ0v) is 23.5. The Morgan fingerprint density at radius 3 is 1.93 bits per heavy atom. The van der Waals surface area contributed by atoms with Crippen LogP contribution >= 0.6 is 0 Å². The lowest BCUT2D eigenvalue weighted by molar-refractivity contribution is 0.0525. The van der Waals surface area contributed by atoms with E-state index in [4.69, 9.17) is 28.4 Å². The molecule has 0 atom stereocenters. The first-order chi connectivity index (χ1) is 19.9. The van der Waals surface area contributed by atoms with Crippen LogP contribution in [0.4, 0.5) is 0 Å². The number of ether oxygens (including phenoxy) is 6. The van der Waals surface area contributed by atoms with E-state index in [-0.39, 0.29) is 59.0 Å². The molecule has 4 aromatic rings. The Labute approximate surface area is 238 Å². The average molecular weight is 561 g/mol. The third-order valence-corrected chi connectivity index (χ3v) is 6.41. The van der Waals surface area contributed by atoms with Crippen LogP contribution in [0.2, 0.25) is 0 Å². The quantitative estimate of drug-likeness (QED) is 0.206. The Morgan fingerprint density at radius 2 is 1.37 bits per heavy atom. The van der Waals surface area contributed by atoms with Crippen LogP contribution in [-0.2, 0) is 11.3 Å². The van der Waals surface area contributed by atoms with E-state index in [0.717, 1.165) is 5.56 Å². The molecule has 0 bridgehead atoms. The van der Waals surface area contributed by atoms with Gasteiger partial charge in [0.25, 0.3) is 0 Å². The first-order valence-electron chi connectivity index (χ1n) is 12.8. The molecule has 214 valence electrons. The average Bonchev–Trinajstić information content (AvgIpc) is 2.99. The van der Waals surface area contributed by atoms with Crippen LogP contribution in [0.15, 0.2) is 66.7 Å². The largest absolute Gasteiger partial charge is 0.504 e. The Kier molecular flexibility index (Phi) is 9.08. The molecule has 0 amide bonds. The van der Waals surface area contributed by atoms with Crippen molar-refractivity contribution >= 4 is 5.97 Å². The third kappa shape index (κ3) is 5.94. The van der Waals surface area contributed by atoms with E-state index < -0.39 is 5.97 Å². The SMILES string of the molecule is CCOC(=O)c1cc(OC)c(-c2cc(OC)c(-c3ccc(OCc4ccccc4)c(O)c3)c(O)c2OC)c(OC)c1. The minimum absolute atomic E-state index is 0.102. The smallest absolute Gasteiger partial charge is 0.338 e. The van der Waals surface area contributed by atoms with Crippen molar-refractivity contribution < 1.29 is 43.4 Å². The topological polar surface area (TPSA) is 113 Å². The number of carbonyl (C=O) groups is 1. The van der Waals surface area contributed by atoms with E-state index >= 15 is 0 Å². The minimum Gasteiger partial charge on any atom is -0.504 e. The molecule has 0 spiro atoms. The minimum atomic E-state index is -0.533. The summed E-state index contributed by atoms with van der Waals surface area (Å²) in [6, 6.07) is 19.1. The maximum absolute atomic E-state index is 12.4. The van der Waals surface area contributed by atoms with Crippen molar-refractivity contribution in [2.75, 3.05) is 35.0 Å². The van der Waals surface area contributed by atoms with E-state index in [2.05, 4.69) is 0 Å². The van der Waals surface area contributed by atoms with Gasteiger partial charge in [-0.1, -0.05) is 36.4 Å². The molecular weight excluding hydrogens is 528 g/mol. The van der Waals surface area contributed by atoms with Gasteiger partial charge in [0.1, 0.15) is 23.9 Å². The van der Waals surface area contributed by atoms with Crippen LogP contribution in [0.5, 0.6) is 40.2 Å². The number of rotatable bonds is 11. The molecule has 0 saturated carbocycles. The molecule has 0 aliphatic carbocycles. The summed E-state index contributed by atoms with van der Waals surface area (Å²) in [5.41, 5.74) is 2.76. The van der Waals surface area contributed by atoms with Crippen LogP contribution in [0, 0.1) is 0 Å². The fourth-order valence-corrected chi connectivity index (χ4v) is 4.50. The zero-order valence-electron chi connectivity index (χ0n) is 23.5. The molecule has 0 aliphatic rings. The Hall–Kier alpha value is -5.05. The monoisotopic (exact) mass is 560 g/mol. The molecule has 0 heterocycles. The molecule has 9 nitrogen and oxygen atoms in total. The van der Waals surface area contributed by atoms with Crippen LogP contribution < -0.4 is 23.7 Å². The summed E-state index contributed by atoms with van der Waals surface area (Å²) in [5.74, 6) is 0.373. The number of benzene rings is 4. The van der Waals surface area contributed by atoms with Crippen molar-refractivity contribution in [2.45, 2.75) is 13.5 Å². The van der Waals surface area contributed by atoms with Gasteiger partial charge in [-0.15, -0.1) is 0 Å². The molecule has 4 aromatic carbocycles. The summed E-state index contributed by atoms with van der Waals surface area (Å²) < 4.78 is 33.5. The molecule has 0 aliphatic heterocycles. The molecule has 4 rings (SSSR count). The van der Waals surface area contributed by atoms with E-state index in [1.807, 2.05) is 30.3 Å². The van der Waals surface area contributed by atoms with Gasteiger partial charge in [-0.2, -0.15) is 0 Å². The second-order valence-electron chi connectivity index (χ2n) is 8.82. The van der Waals surface area contributed by atoms with Crippen LogP contribution in [-0.4, -0.2) is 51.2 Å². The lowest BCUT2D eigenvalue weighted by Gasteiger charge is -2.21. The third-order valence-electron chi connectivity index (χ3n) is 6.41. The van der Waals surface area contributed by atoms with Gasteiger partial charge < -0.3 is 38.6 Å². The number of phenolic OH excluding ortho intramolecular Hbond substituents is 2. The van der Waals surface area contributed by atoms with E-state index in [9.17, 15) is 15.0 Å². The van der Waals surface area contributed by atoms with Gasteiger partial charge in [0.05, 0.1) is 51.7 Å². The van der Waals surface area contributed by atoms with Crippen molar-refractivity contribution in [2.24, 2.45) is 0 Å². The highest BCUT2D eigenvalue weighted by atomic mass is 16.5. The van der Waals surface area contributed by atoms with Gasteiger partial charge in [-0.25, -0.2) is 4.79 Å². The molecule has 41 heavy (non-hydrogen) atoms. The molecular formula is C32H32O9. The molecule has 9 heteroatoms. The maximum atomic E-state index is 12.4. The summed E-state index contributed by atoms with van der Waals surface area (Å²) in [4.78, 5) is 12.4. The number of aromatic hydroxyl groups is 2. The number of carbonyl (C=O) groups excluding carboxylic acids is 1. The van der Waals surface area contributed by atoms with Gasteiger partial charge in [-0.05, 0) is 48.4 Å². The van der Waals surface area contributed by atoms with E-state index in [1.165, 1.54) is 46.6 Å². The van der Waals surface area contributed by atoms with Gasteiger partial charge in [0, 0.05) is 5.56 Å². The Bertz CT molecular complexity index is 1510. The molecule has 0 saturated heterocycles. The van der Waals surface area contributed by atoms with Crippen molar-refractivity contribution in [3.05, 3.63) is 77.9 Å². The summed E-state index contributed by atoms with van der Waals surface area (Å²) in [6.07, 6.45) is 0. The predicted octanol–water partition coefficient (Wildman–Crippen LogP) is 6.22. The summed E-state index contributed by atoms with van der Waals surface area (Å²) in [7, 11) is 5.79. The summed E-state index contributed by atoms with van der Waals surface area (Å²) >= 11 is 0. The Morgan fingerprint density at radius 1 is 0.732 bits per heavy atom. The molecule has 0 fully saturated rings. The summed E-state index contributed by atoms with van der Waals surface area (Å²) in [5, 5.41) is 22.2. The van der Waals surface area contributed by atoms with E-state index in [0.29, 0.717) is 22.3 Å². The van der Waals surface area contributed by atoms with Gasteiger partial charge in [0.2, 0.25) is 0 Å². The van der Waals surface area contributed by atoms with Gasteiger partial charge in [-0.3, -0.25) is 0 Å². The van der Waals surface area contributed by atoms with Crippen molar-refractivity contribution in [3.8, 4) is 62.5 Å². The molecule has 2 N–H and O–H groups in total. The number of hydrogen-bond acceptors (Lipinski definition) is 9. The zero-order chi connectivity index (χ0) is 29.5.